The van der Waals surface area contributed by atoms with Gasteiger partial charge in [-0.15, -0.1) is 0 Å². The molecule has 0 saturated heterocycles. The summed E-state index contributed by atoms with van der Waals surface area (Å²) in [5.41, 5.74) is 1.19. The van der Waals surface area contributed by atoms with E-state index in [-0.39, 0.29) is 60.0 Å². The lowest BCUT2D eigenvalue weighted by molar-refractivity contribution is 0.0715. The largest absolute Gasteiger partial charge is 0.330 e. The Balaban J connectivity index is 1.37. The van der Waals surface area contributed by atoms with E-state index in [0.29, 0.717) is 11.1 Å². The van der Waals surface area contributed by atoms with Crippen molar-refractivity contribution in [1.82, 2.24) is 14.8 Å². The Hall–Kier alpha value is -3.61. The Kier molecular flexibility index (Phi) is 6.09. The summed E-state index contributed by atoms with van der Waals surface area (Å²) in [6, 6.07) is 17.7. The van der Waals surface area contributed by atoms with Crippen LogP contribution in [-0.2, 0) is 13.1 Å². The maximum absolute atomic E-state index is 14.2. The molecule has 2 aliphatic carbocycles. The van der Waals surface area contributed by atoms with Gasteiger partial charge in [-0.3, -0.25) is 9.59 Å². The van der Waals surface area contributed by atoms with Crippen molar-refractivity contribution >= 4 is 11.8 Å². The molecule has 5 nitrogen and oxygen atoms in total. The lowest BCUT2D eigenvalue weighted by Crippen LogP contribution is -2.35. The van der Waals surface area contributed by atoms with Gasteiger partial charge in [0.2, 0.25) is 0 Å². The van der Waals surface area contributed by atoms with E-state index in [9.17, 15) is 18.4 Å². The topological polar surface area (TPSA) is 53.5 Å². The van der Waals surface area contributed by atoms with Crippen molar-refractivity contribution in [3.63, 3.8) is 0 Å². The van der Waals surface area contributed by atoms with Crippen molar-refractivity contribution < 1.29 is 18.4 Å². The SMILES string of the molecule is O=C(c1cccc(C(=O)N(Cc2ccccc2F)C2CC2)n1)N(Cc1ccccc1F)C1CC1. The molecule has 0 spiro atoms. The maximum atomic E-state index is 14.2. The molecular weight excluding hydrogens is 436 g/mol. The van der Waals surface area contributed by atoms with Gasteiger partial charge in [0.1, 0.15) is 23.0 Å². The minimum absolute atomic E-state index is 0.0392. The van der Waals surface area contributed by atoms with Crippen molar-refractivity contribution in [2.45, 2.75) is 50.9 Å². The Morgan fingerprint density at radius 2 is 1.09 bits per heavy atom. The minimum Gasteiger partial charge on any atom is -0.330 e. The zero-order valence-electron chi connectivity index (χ0n) is 18.7. The van der Waals surface area contributed by atoms with Crippen LogP contribution in [0.25, 0.3) is 0 Å². The van der Waals surface area contributed by atoms with E-state index in [1.807, 2.05) is 0 Å². The number of hydrogen-bond acceptors (Lipinski definition) is 3. The predicted octanol–water partition coefficient (Wildman–Crippen LogP) is 4.97. The molecule has 0 unspecified atom stereocenters. The van der Waals surface area contributed by atoms with Crippen LogP contribution in [0.2, 0.25) is 0 Å². The summed E-state index contributed by atoms with van der Waals surface area (Å²) < 4.78 is 28.4. The van der Waals surface area contributed by atoms with Gasteiger partial charge in [0, 0.05) is 36.3 Å². The van der Waals surface area contributed by atoms with Crippen LogP contribution in [0.15, 0.2) is 66.7 Å². The summed E-state index contributed by atoms with van der Waals surface area (Å²) in [6.07, 6.45) is 3.43. The Morgan fingerprint density at radius 1 is 0.676 bits per heavy atom. The van der Waals surface area contributed by atoms with Gasteiger partial charge in [0.05, 0.1) is 0 Å². The third-order valence-corrected chi connectivity index (χ3v) is 6.28. The van der Waals surface area contributed by atoms with Gasteiger partial charge in [0.15, 0.2) is 0 Å². The van der Waals surface area contributed by atoms with E-state index in [4.69, 9.17) is 0 Å². The van der Waals surface area contributed by atoms with Crippen molar-refractivity contribution in [2.75, 3.05) is 0 Å². The number of hydrogen-bond donors (Lipinski definition) is 0. The molecule has 2 amide bonds. The van der Waals surface area contributed by atoms with Gasteiger partial charge < -0.3 is 9.80 Å². The van der Waals surface area contributed by atoms with Crippen LogP contribution in [0.3, 0.4) is 0 Å². The van der Waals surface area contributed by atoms with Crippen molar-refractivity contribution in [3.05, 3.63) is 101 Å². The molecule has 5 rings (SSSR count). The highest BCUT2D eigenvalue weighted by Crippen LogP contribution is 2.31. The lowest BCUT2D eigenvalue weighted by Gasteiger charge is -2.24. The molecule has 3 aromatic rings. The lowest BCUT2D eigenvalue weighted by atomic mass is 10.1. The molecule has 2 saturated carbocycles. The maximum Gasteiger partial charge on any atom is 0.273 e. The van der Waals surface area contributed by atoms with Crippen molar-refractivity contribution in [3.8, 4) is 0 Å². The predicted molar refractivity (Wildman–Crippen MR) is 123 cm³/mol. The first-order valence-electron chi connectivity index (χ1n) is 11.6. The molecule has 2 aliphatic rings. The molecule has 2 fully saturated rings. The fourth-order valence-electron chi connectivity index (χ4n) is 4.09. The fraction of sp³-hybridized carbons (Fsp3) is 0.296. The third-order valence-electron chi connectivity index (χ3n) is 6.28. The number of carbonyl (C=O) groups is 2. The highest BCUT2D eigenvalue weighted by Gasteiger charge is 2.36. The minimum atomic E-state index is -0.356. The number of nitrogens with zero attached hydrogens (tertiary/aromatic N) is 3. The van der Waals surface area contributed by atoms with Crippen LogP contribution in [0.4, 0.5) is 8.78 Å². The average Bonchev–Trinajstić information content (AvgIpc) is 3.76. The molecule has 2 aromatic carbocycles. The van der Waals surface area contributed by atoms with Gasteiger partial charge in [-0.05, 0) is 49.9 Å². The number of halogens is 2. The molecule has 0 N–H and O–H groups in total. The summed E-state index contributed by atoms with van der Waals surface area (Å²) in [7, 11) is 0. The number of aromatic nitrogens is 1. The van der Waals surface area contributed by atoms with E-state index in [1.54, 1.807) is 64.4 Å². The second kappa shape index (κ2) is 9.33. The van der Waals surface area contributed by atoms with Gasteiger partial charge >= 0.3 is 0 Å². The number of benzene rings is 2. The van der Waals surface area contributed by atoms with E-state index in [0.717, 1.165) is 25.7 Å². The summed E-state index contributed by atoms with van der Waals surface area (Å²) in [5.74, 6) is -1.36. The number of amides is 2. The van der Waals surface area contributed by atoms with Gasteiger partial charge in [-0.25, -0.2) is 13.8 Å². The average molecular weight is 462 g/mol. The number of rotatable bonds is 8. The molecular formula is C27H25F2N3O2. The van der Waals surface area contributed by atoms with Gasteiger partial charge in [-0.1, -0.05) is 42.5 Å². The van der Waals surface area contributed by atoms with Gasteiger partial charge in [0.25, 0.3) is 11.8 Å². The van der Waals surface area contributed by atoms with Crippen molar-refractivity contribution in [1.29, 1.82) is 0 Å². The van der Waals surface area contributed by atoms with E-state index in [2.05, 4.69) is 4.98 Å². The van der Waals surface area contributed by atoms with Crippen molar-refractivity contribution in [2.24, 2.45) is 0 Å². The summed E-state index contributed by atoms with van der Waals surface area (Å²) in [5, 5.41) is 0. The molecule has 174 valence electrons. The van der Waals surface area contributed by atoms with E-state index < -0.39 is 0 Å². The van der Waals surface area contributed by atoms with Crippen LogP contribution in [0, 0.1) is 11.6 Å². The summed E-state index contributed by atoms with van der Waals surface area (Å²) in [6.45, 7) is 0.301. The first kappa shape index (κ1) is 22.2. The smallest absolute Gasteiger partial charge is 0.273 e. The Labute approximate surface area is 197 Å². The fourth-order valence-corrected chi connectivity index (χ4v) is 4.09. The third kappa shape index (κ3) is 4.83. The van der Waals surface area contributed by atoms with Crippen LogP contribution in [-0.4, -0.2) is 38.7 Å². The molecule has 0 atom stereocenters. The second-order valence-electron chi connectivity index (χ2n) is 8.92. The van der Waals surface area contributed by atoms with Gasteiger partial charge in [-0.2, -0.15) is 0 Å². The van der Waals surface area contributed by atoms with Crippen LogP contribution < -0.4 is 0 Å². The standard InChI is InChI=1S/C27H25F2N3O2/c28-22-8-3-1-6-18(22)16-31(20-12-13-20)26(33)24-10-5-11-25(30-24)27(34)32(21-14-15-21)17-19-7-2-4-9-23(19)29/h1-11,20-21H,12-17H2. The molecule has 7 heteroatoms. The van der Waals surface area contributed by atoms with E-state index >= 15 is 0 Å². The molecule has 1 aromatic heterocycles. The molecule has 0 bridgehead atoms. The Bertz CT molecular complexity index is 1130. The van der Waals surface area contributed by atoms with E-state index in [1.165, 1.54) is 12.1 Å². The first-order chi connectivity index (χ1) is 16.5. The van der Waals surface area contributed by atoms with Crippen LogP contribution >= 0.6 is 0 Å². The molecule has 0 radical (unpaired) electrons. The van der Waals surface area contributed by atoms with Crippen LogP contribution in [0.5, 0.6) is 0 Å². The first-order valence-corrected chi connectivity index (χ1v) is 11.6. The molecule has 1 heterocycles. The van der Waals surface area contributed by atoms with Crippen LogP contribution in [0.1, 0.15) is 57.8 Å². The highest BCUT2D eigenvalue weighted by molar-refractivity contribution is 5.96. The molecule has 34 heavy (non-hydrogen) atoms. The number of carbonyl (C=O) groups excluding carboxylic acids is 2. The monoisotopic (exact) mass is 461 g/mol. The Morgan fingerprint density at radius 3 is 1.47 bits per heavy atom. The zero-order valence-corrected chi connectivity index (χ0v) is 18.7. The molecule has 0 aliphatic heterocycles. The number of pyridine rings is 1. The zero-order chi connectivity index (χ0) is 23.7. The summed E-state index contributed by atoms with van der Waals surface area (Å²) >= 11 is 0. The quantitative estimate of drug-likeness (QED) is 0.476. The second-order valence-corrected chi connectivity index (χ2v) is 8.92. The highest BCUT2D eigenvalue weighted by atomic mass is 19.1. The summed E-state index contributed by atoms with van der Waals surface area (Å²) in [4.78, 5) is 34.3. The normalized spacial score (nSPS) is 15.1.